The summed E-state index contributed by atoms with van der Waals surface area (Å²) in [6.45, 7) is 3.06. The van der Waals surface area contributed by atoms with E-state index in [0.717, 1.165) is 13.0 Å². The molecule has 2 N–H and O–H groups in total. The Kier molecular flexibility index (Phi) is 3.53. The predicted molar refractivity (Wildman–Crippen MR) is 47.1 cm³/mol. The van der Waals surface area contributed by atoms with Gasteiger partial charge in [0.25, 0.3) is 0 Å². The molecule has 1 aliphatic rings. The van der Waals surface area contributed by atoms with E-state index in [9.17, 15) is 4.79 Å². The predicted octanol–water partition coefficient (Wildman–Crippen LogP) is 1.24. The molecule has 0 spiro atoms. The summed E-state index contributed by atoms with van der Waals surface area (Å²) < 4.78 is 0. The Balaban J connectivity index is 2.29. The lowest BCUT2D eigenvalue weighted by atomic mass is 9.91. The van der Waals surface area contributed by atoms with Crippen molar-refractivity contribution in [2.75, 3.05) is 6.54 Å². The average molecular weight is 171 g/mol. The first-order valence-electron chi connectivity index (χ1n) is 4.65. The van der Waals surface area contributed by atoms with Crippen molar-refractivity contribution < 1.29 is 9.90 Å². The summed E-state index contributed by atoms with van der Waals surface area (Å²) in [5, 5.41) is 11.9. The number of carboxylic acids is 1. The molecule has 1 saturated heterocycles. The maximum atomic E-state index is 10.4. The number of piperidine rings is 1. The van der Waals surface area contributed by atoms with Crippen LogP contribution in [0.4, 0.5) is 0 Å². The van der Waals surface area contributed by atoms with Crippen molar-refractivity contribution in [3.63, 3.8) is 0 Å². The summed E-state index contributed by atoms with van der Waals surface area (Å²) in [4.78, 5) is 10.4. The van der Waals surface area contributed by atoms with E-state index in [1.54, 1.807) is 0 Å². The molecule has 2 atom stereocenters. The molecule has 0 aliphatic carbocycles. The minimum absolute atomic E-state index is 0.266. The van der Waals surface area contributed by atoms with E-state index in [1.165, 1.54) is 12.8 Å². The molecule has 1 aliphatic heterocycles. The maximum Gasteiger partial charge on any atom is 0.303 e. The van der Waals surface area contributed by atoms with Gasteiger partial charge in [-0.05, 0) is 25.3 Å². The average Bonchev–Trinajstić information content (AvgIpc) is 2.05. The third-order valence-electron chi connectivity index (χ3n) is 2.53. The van der Waals surface area contributed by atoms with Gasteiger partial charge in [0, 0.05) is 12.5 Å². The highest BCUT2D eigenvalue weighted by atomic mass is 16.4. The van der Waals surface area contributed by atoms with Gasteiger partial charge in [0.1, 0.15) is 0 Å². The second-order valence-corrected chi connectivity index (χ2v) is 3.63. The van der Waals surface area contributed by atoms with Crippen molar-refractivity contribution in [3.8, 4) is 0 Å². The van der Waals surface area contributed by atoms with Crippen LogP contribution >= 0.6 is 0 Å². The van der Waals surface area contributed by atoms with Crippen LogP contribution in [0.25, 0.3) is 0 Å². The Labute approximate surface area is 73.2 Å². The number of hydrogen-bond acceptors (Lipinski definition) is 2. The Bertz CT molecular complexity index is 153. The molecule has 2 unspecified atom stereocenters. The van der Waals surface area contributed by atoms with Gasteiger partial charge in [-0.15, -0.1) is 0 Å². The zero-order valence-electron chi connectivity index (χ0n) is 7.55. The standard InChI is InChI=1S/C9H17NO2/c1-7(6-9(11)12)8-4-2-3-5-10-8/h7-8,10H,2-6H2,1H3,(H,11,12). The lowest BCUT2D eigenvalue weighted by Gasteiger charge is -2.28. The zero-order valence-corrected chi connectivity index (χ0v) is 7.55. The SMILES string of the molecule is CC(CC(=O)O)C1CCCCN1. The number of carbonyl (C=O) groups is 1. The van der Waals surface area contributed by atoms with Crippen molar-refractivity contribution in [1.82, 2.24) is 5.32 Å². The van der Waals surface area contributed by atoms with Gasteiger partial charge in [-0.3, -0.25) is 4.79 Å². The van der Waals surface area contributed by atoms with Crippen molar-refractivity contribution in [1.29, 1.82) is 0 Å². The number of carboxylic acid groups (broad SMARTS) is 1. The van der Waals surface area contributed by atoms with Crippen molar-refractivity contribution in [2.45, 2.75) is 38.6 Å². The molecule has 0 aromatic carbocycles. The lowest BCUT2D eigenvalue weighted by Crippen LogP contribution is -2.39. The molecule has 70 valence electrons. The number of aliphatic carboxylic acids is 1. The van der Waals surface area contributed by atoms with Gasteiger partial charge in [-0.25, -0.2) is 0 Å². The highest BCUT2D eigenvalue weighted by Crippen LogP contribution is 2.17. The van der Waals surface area contributed by atoms with E-state index >= 15 is 0 Å². The molecule has 0 saturated carbocycles. The minimum Gasteiger partial charge on any atom is -0.481 e. The second-order valence-electron chi connectivity index (χ2n) is 3.63. The fourth-order valence-electron chi connectivity index (χ4n) is 1.78. The summed E-state index contributed by atoms with van der Waals surface area (Å²) in [6.07, 6.45) is 3.89. The number of nitrogens with one attached hydrogen (secondary N) is 1. The fourth-order valence-corrected chi connectivity index (χ4v) is 1.78. The summed E-state index contributed by atoms with van der Waals surface area (Å²) in [6, 6.07) is 0.426. The Morgan fingerprint density at radius 1 is 1.67 bits per heavy atom. The Morgan fingerprint density at radius 3 is 2.92 bits per heavy atom. The van der Waals surface area contributed by atoms with E-state index in [2.05, 4.69) is 5.32 Å². The van der Waals surface area contributed by atoms with E-state index in [-0.39, 0.29) is 12.3 Å². The quantitative estimate of drug-likeness (QED) is 0.671. The van der Waals surface area contributed by atoms with Gasteiger partial charge in [-0.1, -0.05) is 13.3 Å². The van der Waals surface area contributed by atoms with Gasteiger partial charge in [0.15, 0.2) is 0 Å². The van der Waals surface area contributed by atoms with Gasteiger partial charge >= 0.3 is 5.97 Å². The van der Waals surface area contributed by atoms with E-state index in [4.69, 9.17) is 5.11 Å². The summed E-state index contributed by atoms with van der Waals surface area (Å²) in [7, 11) is 0. The molecule has 0 aromatic rings. The Hall–Kier alpha value is -0.570. The highest BCUT2D eigenvalue weighted by molar-refractivity contribution is 5.67. The zero-order chi connectivity index (χ0) is 8.97. The molecule has 1 fully saturated rings. The molecule has 12 heavy (non-hydrogen) atoms. The third-order valence-corrected chi connectivity index (χ3v) is 2.53. The molecule has 0 amide bonds. The van der Waals surface area contributed by atoms with Crippen LogP contribution in [-0.2, 0) is 4.79 Å². The largest absolute Gasteiger partial charge is 0.481 e. The summed E-state index contributed by atoms with van der Waals surface area (Å²) >= 11 is 0. The monoisotopic (exact) mass is 171 g/mol. The summed E-state index contributed by atoms with van der Waals surface area (Å²) in [5.41, 5.74) is 0. The highest BCUT2D eigenvalue weighted by Gasteiger charge is 2.20. The molecule has 1 rings (SSSR count). The van der Waals surface area contributed by atoms with Crippen LogP contribution in [0.3, 0.4) is 0 Å². The first-order valence-corrected chi connectivity index (χ1v) is 4.65. The van der Waals surface area contributed by atoms with Crippen molar-refractivity contribution in [2.24, 2.45) is 5.92 Å². The number of rotatable bonds is 3. The van der Waals surface area contributed by atoms with E-state index < -0.39 is 5.97 Å². The third kappa shape index (κ3) is 2.81. The first-order chi connectivity index (χ1) is 5.70. The van der Waals surface area contributed by atoms with Gasteiger partial charge in [-0.2, -0.15) is 0 Å². The van der Waals surface area contributed by atoms with Gasteiger partial charge < -0.3 is 10.4 Å². The van der Waals surface area contributed by atoms with Crippen molar-refractivity contribution >= 4 is 5.97 Å². The minimum atomic E-state index is -0.685. The number of hydrogen-bond donors (Lipinski definition) is 2. The topological polar surface area (TPSA) is 49.3 Å². The van der Waals surface area contributed by atoms with Crippen LogP contribution in [0, 0.1) is 5.92 Å². The van der Waals surface area contributed by atoms with E-state index in [0.29, 0.717) is 6.04 Å². The maximum absolute atomic E-state index is 10.4. The van der Waals surface area contributed by atoms with Gasteiger partial charge in [0.05, 0.1) is 0 Å². The van der Waals surface area contributed by atoms with Crippen LogP contribution in [-0.4, -0.2) is 23.7 Å². The molecule has 3 nitrogen and oxygen atoms in total. The van der Waals surface area contributed by atoms with Gasteiger partial charge in [0.2, 0.25) is 0 Å². The molecular formula is C9H17NO2. The lowest BCUT2D eigenvalue weighted by molar-refractivity contribution is -0.138. The summed E-state index contributed by atoms with van der Waals surface area (Å²) in [5.74, 6) is -0.419. The van der Waals surface area contributed by atoms with Crippen LogP contribution in [0.1, 0.15) is 32.6 Å². The van der Waals surface area contributed by atoms with Crippen LogP contribution < -0.4 is 5.32 Å². The fraction of sp³-hybridized carbons (Fsp3) is 0.889. The smallest absolute Gasteiger partial charge is 0.303 e. The van der Waals surface area contributed by atoms with Crippen LogP contribution in [0.2, 0.25) is 0 Å². The Morgan fingerprint density at radius 2 is 2.42 bits per heavy atom. The molecule has 1 heterocycles. The first kappa shape index (κ1) is 9.52. The van der Waals surface area contributed by atoms with Crippen LogP contribution in [0.5, 0.6) is 0 Å². The van der Waals surface area contributed by atoms with Crippen LogP contribution in [0.15, 0.2) is 0 Å². The molecule has 0 radical (unpaired) electrons. The van der Waals surface area contributed by atoms with Crippen molar-refractivity contribution in [3.05, 3.63) is 0 Å². The van der Waals surface area contributed by atoms with E-state index in [1.807, 2.05) is 6.92 Å². The second kappa shape index (κ2) is 4.45. The molecular weight excluding hydrogens is 154 g/mol. The normalized spacial score (nSPS) is 26.6. The molecule has 0 bridgehead atoms. The molecule has 0 aromatic heterocycles. The molecule has 3 heteroatoms.